The Hall–Kier alpha value is -2.48. The SMILES string of the molecule is Cc1ccccc1-c1cc(C(C)(C)C)cc(-n2cccc2)c1O. The van der Waals surface area contributed by atoms with Crippen LogP contribution in [0.15, 0.2) is 60.9 Å². The fraction of sp³-hybridized carbons (Fsp3) is 0.238. The molecule has 0 amide bonds. The molecule has 0 atom stereocenters. The third-order valence-corrected chi connectivity index (χ3v) is 4.27. The second-order valence-electron chi connectivity index (χ2n) is 7.05. The zero-order valence-electron chi connectivity index (χ0n) is 14.2. The second-order valence-corrected chi connectivity index (χ2v) is 7.05. The van der Waals surface area contributed by atoms with Crippen molar-refractivity contribution in [3.8, 4) is 22.6 Å². The number of hydrogen-bond donors (Lipinski definition) is 1. The molecule has 0 bridgehead atoms. The largest absolute Gasteiger partial charge is 0.505 e. The van der Waals surface area contributed by atoms with Gasteiger partial charge < -0.3 is 9.67 Å². The molecule has 0 saturated carbocycles. The smallest absolute Gasteiger partial charge is 0.147 e. The number of phenols is 1. The summed E-state index contributed by atoms with van der Waals surface area (Å²) in [6, 6.07) is 16.3. The highest BCUT2D eigenvalue weighted by Gasteiger charge is 2.20. The van der Waals surface area contributed by atoms with Crippen molar-refractivity contribution in [2.45, 2.75) is 33.1 Å². The molecule has 0 spiro atoms. The minimum Gasteiger partial charge on any atom is -0.505 e. The fourth-order valence-electron chi connectivity index (χ4n) is 2.82. The van der Waals surface area contributed by atoms with E-state index in [9.17, 15) is 5.11 Å². The van der Waals surface area contributed by atoms with Gasteiger partial charge in [-0.3, -0.25) is 0 Å². The van der Waals surface area contributed by atoms with Crippen molar-refractivity contribution in [3.63, 3.8) is 0 Å². The Balaban J connectivity index is 2.31. The number of hydrogen-bond acceptors (Lipinski definition) is 1. The van der Waals surface area contributed by atoms with E-state index in [1.54, 1.807) is 0 Å². The van der Waals surface area contributed by atoms with Gasteiger partial charge in [0.15, 0.2) is 0 Å². The quantitative estimate of drug-likeness (QED) is 0.668. The predicted molar refractivity (Wildman–Crippen MR) is 96.3 cm³/mol. The lowest BCUT2D eigenvalue weighted by Crippen LogP contribution is -2.12. The summed E-state index contributed by atoms with van der Waals surface area (Å²) in [4.78, 5) is 0. The number of nitrogens with zero attached hydrogens (tertiary/aromatic N) is 1. The topological polar surface area (TPSA) is 25.2 Å². The molecule has 1 aromatic heterocycles. The molecule has 118 valence electrons. The number of benzene rings is 2. The zero-order chi connectivity index (χ0) is 16.6. The lowest BCUT2D eigenvalue weighted by molar-refractivity contribution is 0.473. The van der Waals surface area contributed by atoms with Crippen LogP contribution in [0.1, 0.15) is 31.9 Å². The van der Waals surface area contributed by atoms with E-state index in [1.165, 1.54) is 5.56 Å². The predicted octanol–water partition coefficient (Wildman–Crippen LogP) is 5.46. The average Bonchev–Trinajstić information content (AvgIpc) is 3.01. The van der Waals surface area contributed by atoms with Gasteiger partial charge in [-0.15, -0.1) is 0 Å². The summed E-state index contributed by atoms with van der Waals surface area (Å²) in [5.41, 5.74) is 5.15. The first-order valence-electron chi connectivity index (χ1n) is 7.95. The van der Waals surface area contributed by atoms with Crippen molar-refractivity contribution < 1.29 is 5.11 Å². The Kier molecular flexibility index (Phi) is 3.77. The highest BCUT2D eigenvalue weighted by atomic mass is 16.3. The van der Waals surface area contributed by atoms with Crippen LogP contribution < -0.4 is 0 Å². The first-order chi connectivity index (χ1) is 10.9. The molecule has 1 heterocycles. The summed E-state index contributed by atoms with van der Waals surface area (Å²) in [5, 5.41) is 10.9. The van der Waals surface area contributed by atoms with Crippen molar-refractivity contribution in [2.24, 2.45) is 0 Å². The summed E-state index contributed by atoms with van der Waals surface area (Å²) >= 11 is 0. The normalized spacial score (nSPS) is 11.7. The van der Waals surface area contributed by atoms with Crippen LogP contribution in [-0.2, 0) is 5.41 Å². The number of rotatable bonds is 2. The Labute approximate surface area is 138 Å². The molecule has 0 aliphatic carbocycles. The molecule has 2 nitrogen and oxygen atoms in total. The summed E-state index contributed by atoms with van der Waals surface area (Å²) in [6.07, 6.45) is 3.92. The Morgan fingerprint density at radius 2 is 1.52 bits per heavy atom. The molecule has 2 heteroatoms. The first-order valence-corrected chi connectivity index (χ1v) is 7.95. The second kappa shape index (κ2) is 5.62. The van der Waals surface area contributed by atoms with Crippen LogP contribution in [0.25, 0.3) is 16.8 Å². The Bertz CT molecular complexity index is 824. The Morgan fingerprint density at radius 3 is 2.13 bits per heavy atom. The summed E-state index contributed by atoms with van der Waals surface area (Å²) < 4.78 is 1.96. The van der Waals surface area contributed by atoms with Gasteiger partial charge in [0, 0.05) is 18.0 Å². The molecule has 0 unspecified atom stereocenters. The molecule has 23 heavy (non-hydrogen) atoms. The van der Waals surface area contributed by atoms with E-state index < -0.39 is 0 Å². The van der Waals surface area contributed by atoms with Crippen LogP contribution in [0.4, 0.5) is 0 Å². The van der Waals surface area contributed by atoms with Crippen LogP contribution in [0.3, 0.4) is 0 Å². The maximum absolute atomic E-state index is 10.9. The first kappa shape index (κ1) is 15.4. The van der Waals surface area contributed by atoms with Gasteiger partial charge in [-0.1, -0.05) is 45.0 Å². The molecular weight excluding hydrogens is 282 g/mol. The van der Waals surface area contributed by atoms with Crippen molar-refractivity contribution in [2.75, 3.05) is 0 Å². The maximum Gasteiger partial charge on any atom is 0.147 e. The van der Waals surface area contributed by atoms with Crippen molar-refractivity contribution >= 4 is 0 Å². The van der Waals surface area contributed by atoms with E-state index in [0.29, 0.717) is 5.75 Å². The molecule has 0 aliphatic heterocycles. The molecule has 3 aromatic rings. The number of aromatic nitrogens is 1. The van der Waals surface area contributed by atoms with Gasteiger partial charge in [-0.2, -0.15) is 0 Å². The third-order valence-electron chi connectivity index (χ3n) is 4.27. The van der Waals surface area contributed by atoms with Gasteiger partial charge >= 0.3 is 0 Å². The van der Waals surface area contributed by atoms with Gasteiger partial charge in [0.2, 0.25) is 0 Å². The molecule has 1 N–H and O–H groups in total. The van der Waals surface area contributed by atoms with E-state index in [1.807, 2.05) is 41.2 Å². The molecule has 0 fully saturated rings. The van der Waals surface area contributed by atoms with Crippen LogP contribution in [0.5, 0.6) is 5.75 Å². The molecule has 0 aliphatic rings. The van der Waals surface area contributed by atoms with Gasteiger partial charge in [-0.05, 0) is 53.3 Å². The average molecular weight is 305 g/mol. The van der Waals surface area contributed by atoms with E-state index in [-0.39, 0.29) is 5.41 Å². The molecule has 2 aromatic carbocycles. The molecule has 3 rings (SSSR count). The zero-order valence-corrected chi connectivity index (χ0v) is 14.2. The third kappa shape index (κ3) is 2.89. The van der Waals surface area contributed by atoms with Crippen molar-refractivity contribution in [3.05, 3.63) is 72.1 Å². The highest BCUT2D eigenvalue weighted by molar-refractivity contribution is 5.78. The number of aromatic hydroxyl groups is 1. The van der Waals surface area contributed by atoms with Crippen LogP contribution in [0.2, 0.25) is 0 Å². The monoisotopic (exact) mass is 305 g/mol. The van der Waals surface area contributed by atoms with Gasteiger partial charge in [-0.25, -0.2) is 0 Å². The van der Waals surface area contributed by atoms with Gasteiger partial charge in [0.05, 0.1) is 5.69 Å². The summed E-state index contributed by atoms with van der Waals surface area (Å²) in [5.74, 6) is 0.323. The van der Waals surface area contributed by atoms with E-state index in [2.05, 4.69) is 52.0 Å². The minimum atomic E-state index is 0.00698. The molecule has 0 saturated heterocycles. The molecular formula is C21H23NO. The van der Waals surface area contributed by atoms with Gasteiger partial charge in [0.25, 0.3) is 0 Å². The van der Waals surface area contributed by atoms with Crippen molar-refractivity contribution in [1.82, 2.24) is 4.57 Å². The summed E-state index contributed by atoms with van der Waals surface area (Å²) in [7, 11) is 0. The lowest BCUT2D eigenvalue weighted by atomic mass is 9.84. The minimum absolute atomic E-state index is 0.00698. The molecule has 0 radical (unpaired) electrons. The lowest BCUT2D eigenvalue weighted by Gasteiger charge is -2.23. The highest BCUT2D eigenvalue weighted by Crippen LogP contribution is 2.40. The number of aryl methyl sites for hydroxylation is 1. The standard InChI is InChI=1S/C21H23NO/c1-15-9-5-6-10-17(15)18-13-16(21(2,3)4)14-19(20(18)23)22-11-7-8-12-22/h5-14,23H,1-4H3. The van der Waals surface area contributed by atoms with Crippen molar-refractivity contribution in [1.29, 1.82) is 0 Å². The van der Waals surface area contributed by atoms with Gasteiger partial charge in [0.1, 0.15) is 5.75 Å². The Morgan fingerprint density at radius 1 is 0.870 bits per heavy atom. The van der Waals surface area contributed by atoms with Crippen LogP contribution >= 0.6 is 0 Å². The van der Waals surface area contributed by atoms with Crippen LogP contribution in [-0.4, -0.2) is 9.67 Å². The van der Waals surface area contributed by atoms with Crippen LogP contribution in [0, 0.1) is 6.92 Å². The fourth-order valence-corrected chi connectivity index (χ4v) is 2.82. The van der Waals surface area contributed by atoms with E-state index in [0.717, 1.165) is 22.4 Å². The maximum atomic E-state index is 10.9. The summed E-state index contributed by atoms with van der Waals surface area (Å²) in [6.45, 7) is 8.66. The van der Waals surface area contributed by atoms with E-state index >= 15 is 0 Å². The van der Waals surface area contributed by atoms with E-state index in [4.69, 9.17) is 0 Å². The number of phenolic OH excluding ortho intramolecular Hbond substituents is 1.